The molecular formula is C20H18N2O4S. The molecule has 0 atom stereocenters. The van der Waals surface area contributed by atoms with Gasteiger partial charge in [-0.25, -0.2) is 0 Å². The highest BCUT2D eigenvalue weighted by molar-refractivity contribution is 7.80. The molecule has 3 rings (SSSR count). The Kier molecular flexibility index (Phi) is 5.83. The molecule has 1 aliphatic heterocycles. The number of carbonyl (C=O) groups is 2. The second-order valence-electron chi connectivity index (χ2n) is 5.71. The van der Waals surface area contributed by atoms with Crippen LogP contribution in [0.15, 0.2) is 54.1 Å². The second-order valence-corrected chi connectivity index (χ2v) is 6.12. The number of thiocarbonyl (C=S) groups is 1. The molecule has 2 aromatic rings. The fourth-order valence-electron chi connectivity index (χ4n) is 2.51. The normalized spacial score (nSPS) is 13.7. The van der Waals surface area contributed by atoms with Crippen molar-refractivity contribution in [2.24, 2.45) is 0 Å². The molecule has 0 aliphatic carbocycles. The van der Waals surface area contributed by atoms with E-state index in [0.29, 0.717) is 30.3 Å². The minimum Gasteiger partial charge on any atom is -0.490 e. The summed E-state index contributed by atoms with van der Waals surface area (Å²) in [7, 11) is 0. The molecule has 2 aromatic carbocycles. The first-order valence-corrected chi connectivity index (χ1v) is 8.79. The van der Waals surface area contributed by atoms with Crippen LogP contribution >= 0.6 is 12.2 Å². The van der Waals surface area contributed by atoms with Crippen LogP contribution in [-0.4, -0.2) is 23.5 Å². The van der Waals surface area contributed by atoms with Gasteiger partial charge in [0.2, 0.25) is 0 Å². The van der Waals surface area contributed by atoms with Gasteiger partial charge in [0.25, 0.3) is 11.8 Å². The number of hydrogen-bond acceptors (Lipinski definition) is 5. The highest BCUT2D eigenvalue weighted by atomic mass is 32.1. The summed E-state index contributed by atoms with van der Waals surface area (Å²) < 4.78 is 11.5. The second kappa shape index (κ2) is 8.46. The van der Waals surface area contributed by atoms with Gasteiger partial charge in [0, 0.05) is 0 Å². The standard InChI is InChI=1S/C20H18N2O4S/c1-2-25-16-9-8-14(10-15-18(23)21-20(27)22-19(15)24)11-17(16)26-12-13-6-4-3-5-7-13/h3-11H,2,12H2,1H3,(H2,21,22,23,24,27). The Bertz CT molecular complexity index is 887. The number of hydrogen-bond donors (Lipinski definition) is 2. The zero-order chi connectivity index (χ0) is 19.2. The van der Waals surface area contributed by atoms with Gasteiger partial charge in [-0.2, -0.15) is 0 Å². The maximum Gasteiger partial charge on any atom is 0.263 e. The molecule has 0 spiro atoms. The number of amides is 2. The van der Waals surface area contributed by atoms with Crippen LogP contribution < -0.4 is 20.1 Å². The lowest BCUT2D eigenvalue weighted by Crippen LogP contribution is -2.51. The van der Waals surface area contributed by atoms with Crippen LogP contribution in [0.4, 0.5) is 0 Å². The summed E-state index contributed by atoms with van der Waals surface area (Å²) in [6, 6.07) is 15.0. The van der Waals surface area contributed by atoms with E-state index in [0.717, 1.165) is 5.56 Å². The van der Waals surface area contributed by atoms with Crippen molar-refractivity contribution in [1.29, 1.82) is 0 Å². The van der Waals surface area contributed by atoms with Crippen LogP contribution in [-0.2, 0) is 16.2 Å². The van der Waals surface area contributed by atoms with Crippen LogP contribution in [0.25, 0.3) is 6.08 Å². The Morgan fingerprint density at radius 2 is 1.67 bits per heavy atom. The van der Waals surface area contributed by atoms with E-state index < -0.39 is 11.8 Å². The molecule has 2 amide bonds. The number of rotatable bonds is 6. The lowest BCUT2D eigenvalue weighted by Gasteiger charge is -2.17. The third-order valence-corrected chi connectivity index (χ3v) is 3.96. The predicted molar refractivity (Wildman–Crippen MR) is 105 cm³/mol. The van der Waals surface area contributed by atoms with Gasteiger partial charge in [-0.15, -0.1) is 0 Å². The van der Waals surface area contributed by atoms with Crippen molar-refractivity contribution in [3.8, 4) is 11.5 Å². The molecule has 7 heteroatoms. The van der Waals surface area contributed by atoms with Crippen molar-refractivity contribution >= 4 is 35.2 Å². The minimum atomic E-state index is -0.538. The minimum absolute atomic E-state index is 0.000673. The summed E-state index contributed by atoms with van der Waals surface area (Å²) in [5.74, 6) is 0.0466. The van der Waals surface area contributed by atoms with Gasteiger partial charge in [-0.3, -0.25) is 20.2 Å². The maximum atomic E-state index is 12.0. The Morgan fingerprint density at radius 3 is 2.33 bits per heavy atom. The third-order valence-electron chi connectivity index (χ3n) is 3.76. The van der Waals surface area contributed by atoms with Crippen molar-refractivity contribution in [3.05, 3.63) is 65.2 Å². The number of benzene rings is 2. The van der Waals surface area contributed by atoms with E-state index in [2.05, 4.69) is 10.6 Å². The summed E-state index contributed by atoms with van der Waals surface area (Å²) in [4.78, 5) is 24.0. The Hall–Kier alpha value is -3.19. The van der Waals surface area contributed by atoms with Crippen LogP contribution in [0.1, 0.15) is 18.1 Å². The molecule has 0 aromatic heterocycles. The fraction of sp³-hybridized carbons (Fsp3) is 0.150. The molecule has 138 valence electrons. The first-order chi connectivity index (χ1) is 13.1. The van der Waals surface area contributed by atoms with Gasteiger partial charge in [-0.1, -0.05) is 36.4 Å². The quantitative estimate of drug-likeness (QED) is 0.456. The third kappa shape index (κ3) is 4.71. The van der Waals surface area contributed by atoms with Gasteiger partial charge >= 0.3 is 0 Å². The Labute approximate surface area is 162 Å². The fourth-order valence-corrected chi connectivity index (χ4v) is 2.70. The van der Waals surface area contributed by atoms with Crippen LogP contribution in [0.3, 0.4) is 0 Å². The molecule has 0 saturated carbocycles. The average molecular weight is 382 g/mol. The lowest BCUT2D eigenvalue weighted by molar-refractivity contribution is -0.123. The van der Waals surface area contributed by atoms with Crippen molar-refractivity contribution in [2.45, 2.75) is 13.5 Å². The summed E-state index contributed by atoms with van der Waals surface area (Å²) >= 11 is 4.80. The van der Waals surface area contributed by atoms with E-state index in [4.69, 9.17) is 21.7 Å². The first kappa shape index (κ1) is 18.6. The molecule has 0 radical (unpaired) electrons. The van der Waals surface area contributed by atoms with Crippen molar-refractivity contribution in [2.75, 3.05) is 6.61 Å². The number of carbonyl (C=O) groups excluding carboxylic acids is 2. The van der Waals surface area contributed by atoms with Crippen molar-refractivity contribution in [1.82, 2.24) is 10.6 Å². The van der Waals surface area contributed by atoms with Gasteiger partial charge in [-0.05, 0) is 48.5 Å². The SMILES string of the molecule is CCOc1ccc(C=C2C(=O)NC(=S)NC2=O)cc1OCc1ccccc1. The van der Waals surface area contributed by atoms with Crippen LogP contribution in [0.2, 0.25) is 0 Å². The summed E-state index contributed by atoms with van der Waals surface area (Å²) in [6.45, 7) is 2.75. The molecule has 2 N–H and O–H groups in total. The van der Waals surface area contributed by atoms with Crippen molar-refractivity contribution in [3.63, 3.8) is 0 Å². The lowest BCUT2D eigenvalue weighted by atomic mass is 10.1. The van der Waals surface area contributed by atoms with Gasteiger partial charge in [0.05, 0.1) is 6.61 Å². The maximum absolute atomic E-state index is 12.0. The predicted octanol–water partition coefficient (Wildman–Crippen LogP) is 2.58. The number of ether oxygens (including phenoxy) is 2. The largest absolute Gasteiger partial charge is 0.490 e. The zero-order valence-corrected chi connectivity index (χ0v) is 15.5. The highest BCUT2D eigenvalue weighted by Gasteiger charge is 2.25. The average Bonchev–Trinajstić information content (AvgIpc) is 2.65. The summed E-state index contributed by atoms with van der Waals surface area (Å²) in [5.41, 5.74) is 1.62. The first-order valence-electron chi connectivity index (χ1n) is 8.38. The van der Waals surface area contributed by atoms with E-state index in [9.17, 15) is 9.59 Å². The molecule has 1 heterocycles. The topological polar surface area (TPSA) is 76.7 Å². The highest BCUT2D eigenvalue weighted by Crippen LogP contribution is 2.30. The van der Waals surface area contributed by atoms with Crippen LogP contribution in [0.5, 0.6) is 11.5 Å². The Balaban J connectivity index is 1.86. The molecular weight excluding hydrogens is 364 g/mol. The number of nitrogens with one attached hydrogen (secondary N) is 2. The van der Waals surface area contributed by atoms with Crippen LogP contribution in [0, 0.1) is 0 Å². The summed E-state index contributed by atoms with van der Waals surface area (Å²) in [5, 5.41) is 4.82. The molecule has 6 nitrogen and oxygen atoms in total. The molecule has 0 bridgehead atoms. The smallest absolute Gasteiger partial charge is 0.263 e. The van der Waals surface area contributed by atoms with E-state index in [-0.39, 0.29) is 10.7 Å². The zero-order valence-electron chi connectivity index (χ0n) is 14.7. The van der Waals surface area contributed by atoms with E-state index in [1.54, 1.807) is 18.2 Å². The summed E-state index contributed by atoms with van der Waals surface area (Å²) in [6.07, 6.45) is 1.48. The van der Waals surface area contributed by atoms with Gasteiger partial charge in [0.15, 0.2) is 16.6 Å². The van der Waals surface area contributed by atoms with E-state index in [1.165, 1.54) is 6.08 Å². The molecule has 27 heavy (non-hydrogen) atoms. The van der Waals surface area contributed by atoms with Gasteiger partial charge in [0.1, 0.15) is 12.2 Å². The monoisotopic (exact) mass is 382 g/mol. The van der Waals surface area contributed by atoms with Crippen molar-refractivity contribution < 1.29 is 19.1 Å². The van der Waals surface area contributed by atoms with Gasteiger partial charge < -0.3 is 9.47 Å². The van der Waals surface area contributed by atoms with E-state index >= 15 is 0 Å². The molecule has 0 unspecified atom stereocenters. The van der Waals surface area contributed by atoms with E-state index in [1.807, 2.05) is 37.3 Å². The Morgan fingerprint density at radius 1 is 0.963 bits per heavy atom. The molecule has 1 aliphatic rings. The molecule has 1 fully saturated rings. The molecule has 1 saturated heterocycles.